The van der Waals surface area contributed by atoms with Gasteiger partial charge in [-0.05, 0) is 37.8 Å². The number of amides is 1. The van der Waals surface area contributed by atoms with Crippen molar-refractivity contribution in [2.45, 2.75) is 32.8 Å². The molecule has 0 aromatic heterocycles. The quantitative estimate of drug-likeness (QED) is 0.799. The molecule has 0 unspecified atom stereocenters. The number of ether oxygens (including phenoxy) is 2. The van der Waals surface area contributed by atoms with Gasteiger partial charge in [0, 0.05) is 26.2 Å². The molecule has 0 bridgehead atoms. The van der Waals surface area contributed by atoms with Gasteiger partial charge in [0.05, 0.1) is 12.8 Å². The highest BCUT2D eigenvalue weighted by molar-refractivity contribution is 5.80. The smallest absolute Gasteiger partial charge is 0.249 e. The Labute approximate surface area is 139 Å². The molecular weight excluding hydrogens is 292 g/mol. The molecule has 1 heterocycles. The van der Waals surface area contributed by atoms with Crippen molar-refractivity contribution in [3.8, 4) is 5.75 Å². The number of para-hydroxylation sites is 2. The van der Waals surface area contributed by atoms with E-state index in [0.29, 0.717) is 25.5 Å². The molecule has 5 nitrogen and oxygen atoms in total. The molecule has 1 N–H and O–H groups in total. The highest BCUT2D eigenvalue weighted by Gasteiger charge is 2.25. The predicted octanol–water partition coefficient (Wildman–Crippen LogP) is 2.45. The lowest BCUT2D eigenvalue weighted by Crippen LogP contribution is -2.39. The Kier molecular flexibility index (Phi) is 6.71. The molecular formula is C18H28N2O3. The van der Waals surface area contributed by atoms with Crippen LogP contribution in [0, 0.1) is 5.92 Å². The molecule has 1 amide bonds. The maximum Gasteiger partial charge on any atom is 0.249 e. The van der Waals surface area contributed by atoms with Crippen molar-refractivity contribution in [3.63, 3.8) is 0 Å². The van der Waals surface area contributed by atoms with Crippen molar-refractivity contribution in [1.82, 2.24) is 5.32 Å². The second-order valence-corrected chi connectivity index (χ2v) is 5.87. The lowest BCUT2D eigenvalue weighted by atomic mass is 10.1. The summed E-state index contributed by atoms with van der Waals surface area (Å²) in [6.07, 6.45) is 1.45. The van der Waals surface area contributed by atoms with E-state index >= 15 is 0 Å². The zero-order chi connectivity index (χ0) is 16.7. The van der Waals surface area contributed by atoms with E-state index in [1.54, 1.807) is 7.11 Å². The van der Waals surface area contributed by atoms with Gasteiger partial charge < -0.3 is 19.7 Å². The Balaban J connectivity index is 1.85. The number of carbonyl (C=O) groups is 1. The number of anilines is 1. The molecule has 1 aromatic rings. The number of rotatable bonds is 8. The summed E-state index contributed by atoms with van der Waals surface area (Å²) in [4.78, 5) is 14.4. The summed E-state index contributed by atoms with van der Waals surface area (Å²) in [5.74, 6) is 1.37. The van der Waals surface area contributed by atoms with Crippen LogP contribution in [0.25, 0.3) is 0 Å². The first-order valence-corrected chi connectivity index (χ1v) is 8.46. The van der Waals surface area contributed by atoms with Crippen LogP contribution in [0.4, 0.5) is 5.69 Å². The summed E-state index contributed by atoms with van der Waals surface area (Å²) in [5, 5.41) is 3.04. The first-order valence-electron chi connectivity index (χ1n) is 8.46. The van der Waals surface area contributed by atoms with Crippen LogP contribution in [0.5, 0.6) is 5.75 Å². The van der Waals surface area contributed by atoms with Gasteiger partial charge in [0.15, 0.2) is 0 Å². The lowest BCUT2D eigenvalue weighted by molar-refractivity contribution is -0.132. The molecule has 1 aromatic carbocycles. The van der Waals surface area contributed by atoms with Crippen LogP contribution in [0.1, 0.15) is 26.7 Å². The lowest BCUT2D eigenvalue weighted by Gasteiger charge is -2.21. The van der Waals surface area contributed by atoms with E-state index in [4.69, 9.17) is 9.47 Å². The number of carbonyl (C=O) groups excluding carboxylic acids is 1. The van der Waals surface area contributed by atoms with Crippen molar-refractivity contribution in [3.05, 3.63) is 24.3 Å². The average Bonchev–Trinajstić information content (AvgIpc) is 3.06. The highest BCUT2D eigenvalue weighted by atomic mass is 16.5. The Morgan fingerprint density at radius 1 is 1.39 bits per heavy atom. The van der Waals surface area contributed by atoms with E-state index < -0.39 is 0 Å². The van der Waals surface area contributed by atoms with Crippen molar-refractivity contribution < 1.29 is 14.3 Å². The van der Waals surface area contributed by atoms with Gasteiger partial charge in [-0.3, -0.25) is 4.79 Å². The molecule has 0 saturated carbocycles. The molecule has 1 aliphatic rings. The van der Waals surface area contributed by atoms with Gasteiger partial charge in [-0.15, -0.1) is 0 Å². The largest absolute Gasteiger partial charge is 0.495 e. The van der Waals surface area contributed by atoms with E-state index in [2.05, 4.69) is 16.3 Å². The minimum atomic E-state index is -0.327. The SMILES string of the molecule is CCO[C@H](CC)C(=O)NC[C@H]1CCN(c2ccccc2OC)C1. The molecule has 1 saturated heterocycles. The van der Waals surface area contributed by atoms with Gasteiger partial charge in [0.25, 0.3) is 0 Å². The van der Waals surface area contributed by atoms with Crippen LogP contribution in [0.3, 0.4) is 0 Å². The maximum absolute atomic E-state index is 12.1. The van der Waals surface area contributed by atoms with E-state index in [0.717, 1.165) is 30.9 Å². The Morgan fingerprint density at radius 2 is 2.17 bits per heavy atom. The third-order valence-corrected chi connectivity index (χ3v) is 4.31. The number of benzene rings is 1. The van der Waals surface area contributed by atoms with Crippen molar-refractivity contribution >= 4 is 11.6 Å². The van der Waals surface area contributed by atoms with Gasteiger partial charge in [-0.25, -0.2) is 0 Å². The van der Waals surface area contributed by atoms with Crippen LogP contribution in [0.2, 0.25) is 0 Å². The summed E-state index contributed by atoms with van der Waals surface area (Å²) in [7, 11) is 1.70. The summed E-state index contributed by atoms with van der Waals surface area (Å²) < 4.78 is 10.9. The highest BCUT2D eigenvalue weighted by Crippen LogP contribution is 2.31. The molecule has 1 fully saturated rings. The van der Waals surface area contributed by atoms with Crippen LogP contribution in [-0.4, -0.2) is 45.4 Å². The Hall–Kier alpha value is -1.75. The van der Waals surface area contributed by atoms with Crippen LogP contribution >= 0.6 is 0 Å². The third-order valence-electron chi connectivity index (χ3n) is 4.31. The summed E-state index contributed by atoms with van der Waals surface area (Å²) >= 11 is 0. The summed E-state index contributed by atoms with van der Waals surface area (Å²) in [6.45, 7) is 7.08. The number of nitrogens with one attached hydrogen (secondary N) is 1. The number of hydrogen-bond acceptors (Lipinski definition) is 4. The molecule has 128 valence electrons. The predicted molar refractivity (Wildman–Crippen MR) is 92.0 cm³/mol. The van der Waals surface area contributed by atoms with Crippen molar-refractivity contribution in [2.75, 3.05) is 38.3 Å². The molecule has 0 aliphatic carbocycles. The first kappa shape index (κ1) is 17.6. The standard InChI is InChI=1S/C18H28N2O3/c1-4-16(23-5-2)18(21)19-12-14-10-11-20(13-14)15-8-6-7-9-17(15)22-3/h6-9,14,16H,4-5,10-13H2,1-3H3,(H,19,21)/t14-,16-/m1/s1. The Bertz CT molecular complexity index is 507. The monoisotopic (exact) mass is 320 g/mol. The summed E-state index contributed by atoms with van der Waals surface area (Å²) in [6, 6.07) is 8.08. The van der Waals surface area contributed by atoms with Gasteiger partial charge >= 0.3 is 0 Å². The molecule has 1 aliphatic heterocycles. The second-order valence-electron chi connectivity index (χ2n) is 5.87. The van der Waals surface area contributed by atoms with E-state index in [1.165, 1.54) is 0 Å². The van der Waals surface area contributed by atoms with E-state index in [1.807, 2.05) is 32.0 Å². The fourth-order valence-electron chi connectivity index (χ4n) is 3.05. The Morgan fingerprint density at radius 3 is 2.87 bits per heavy atom. The first-order chi connectivity index (χ1) is 11.2. The fraction of sp³-hybridized carbons (Fsp3) is 0.611. The number of methoxy groups -OCH3 is 1. The topological polar surface area (TPSA) is 50.8 Å². The van der Waals surface area contributed by atoms with Crippen LogP contribution in [-0.2, 0) is 9.53 Å². The number of nitrogens with zero attached hydrogens (tertiary/aromatic N) is 1. The van der Waals surface area contributed by atoms with Crippen LogP contribution in [0.15, 0.2) is 24.3 Å². The zero-order valence-corrected chi connectivity index (χ0v) is 14.4. The van der Waals surface area contributed by atoms with E-state index in [-0.39, 0.29) is 12.0 Å². The maximum atomic E-state index is 12.1. The average molecular weight is 320 g/mol. The summed E-state index contributed by atoms with van der Waals surface area (Å²) in [5.41, 5.74) is 1.13. The van der Waals surface area contributed by atoms with Gasteiger partial charge in [0.2, 0.25) is 5.91 Å². The minimum absolute atomic E-state index is 0.00471. The normalized spacial score (nSPS) is 18.7. The molecule has 5 heteroatoms. The fourth-order valence-corrected chi connectivity index (χ4v) is 3.05. The molecule has 0 spiro atoms. The van der Waals surface area contributed by atoms with Gasteiger partial charge in [-0.1, -0.05) is 19.1 Å². The molecule has 2 atom stereocenters. The van der Waals surface area contributed by atoms with Crippen LogP contribution < -0.4 is 15.0 Å². The molecule has 23 heavy (non-hydrogen) atoms. The van der Waals surface area contributed by atoms with Crippen molar-refractivity contribution in [2.24, 2.45) is 5.92 Å². The molecule has 2 rings (SSSR count). The minimum Gasteiger partial charge on any atom is -0.495 e. The van der Waals surface area contributed by atoms with Gasteiger partial charge in [0.1, 0.15) is 11.9 Å². The third kappa shape index (κ3) is 4.61. The second kappa shape index (κ2) is 8.77. The molecule has 0 radical (unpaired) electrons. The zero-order valence-electron chi connectivity index (χ0n) is 14.4. The van der Waals surface area contributed by atoms with E-state index in [9.17, 15) is 4.79 Å². The van der Waals surface area contributed by atoms with Crippen molar-refractivity contribution in [1.29, 1.82) is 0 Å². The number of hydrogen-bond donors (Lipinski definition) is 1. The van der Waals surface area contributed by atoms with Gasteiger partial charge in [-0.2, -0.15) is 0 Å².